The van der Waals surface area contributed by atoms with Crippen molar-refractivity contribution in [2.24, 2.45) is 0 Å². The summed E-state index contributed by atoms with van der Waals surface area (Å²) in [6.45, 7) is 3.08. The second kappa shape index (κ2) is 7.87. The summed E-state index contributed by atoms with van der Waals surface area (Å²) in [4.78, 5) is 12.2. The van der Waals surface area contributed by atoms with Gasteiger partial charge in [0.15, 0.2) is 5.82 Å². The minimum absolute atomic E-state index is 0.109. The first-order chi connectivity index (χ1) is 12.8. The molecule has 144 valence electrons. The van der Waals surface area contributed by atoms with Gasteiger partial charge in [0.1, 0.15) is 5.82 Å². The molecule has 1 fully saturated rings. The summed E-state index contributed by atoms with van der Waals surface area (Å²) in [7, 11) is 0. The van der Waals surface area contributed by atoms with E-state index < -0.39 is 22.6 Å². The number of nitrogens with one attached hydrogen (secondary N) is 1. The minimum atomic E-state index is -0.741. The smallest absolute Gasteiger partial charge is 0.272 e. The van der Waals surface area contributed by atoms with E-state index in [-0.39, 0.29) is 17.5 Å². The third-order valence-corrected chi connectivity index (χ3v) is 4.80. The molecule has 1 atom stereocenters. The second-order valence-corrected chi connectivity index (χ2v) is 6.71. The number of hydrogen-bond acceptors (Lipinski definition) is 5. The third-order valence-electron chi connectivity index (χ3n) is 4.80. The molecule has 0 bridgehead atoms. The fourth-order valence-corrected chi connectivity index (χ4v) is 3.31. The average molecular weight is 377 g/mol. The van der Waals surface area contributed by atoms with Gasteiger partial charge in [0.25, 0.3) is 5.69 Å². The van der Waals surface area contributed by atoms with Gasteiger partial charge in [-0.2, -0.15) is 0 Å². The van der Waals surface area contributed by atoms with E-state index in [1.54, 1.807) is 13.0 Å². The minimum Gasteiger partial charge on any atom is -0.393 e. The van der Waals surface area contributed by atoms with Crippen LogP contribution in [0.2, 0.25) is 0 Å². The molecule has 2 aromatic rings. The molecule has 0 radical (unpaired) electrons. The molecule has 1 aliphatic rings. The first kappa shape index (κ1) is 19.0. The monoisotopic (exact) mass is 377 g/mol. The van der Waals surface area contributed by atoms with Gasteiger partial charge in [-0.15, -0.1) is 0 Å². The number of nitro benzene ring substituents is 1. The summed E-state index contributed by atoms with van der Waals surface area (Å²) in [5.41, 5.74) is 1.26. The molecule has 2 N–H and O–H groups in total. The average Bonchev–Trinajstić information content (AvgIpc) is 2.64. The van der Waals surface area contributed by atoms with Gasteiger partial charge in [0.2, 0.25) is 0 Å². The Labute approximate surface area is 155 Å². The molecule has 3 rings (SSSR count). The quantitative estimate of drug-likeness (QED) is 0.608. The number of halogens is 2. The third kappa shape index (κ3) is 4.33. The van der Waals surface area contributed by atoms with Crippen LogP contribution in [-0.4, -0.2) is 29.2 Å². The summed E-state index contributed by atoms with van der Waals surface area (Å²) in [5, 5.41) is 23.4. The Morgan fingerprint density at radius 1 is 1.22 bits per heavy atom. The van der Waals surface area contributed by atoms with Gasteiger partial charge in [-0.25, -0.2) is 8.78 Å². The number of non-ortho nitro benzene ring substituents is 1. The molecule has 1 saturated heterocycles. The molecule has 8 heteroatoms. The number of hydrogen-bond donors (Lipinski definition) is 2. The Hall–Kier alpha value is -2.74. The Balaban J connectivity index is 1.85. The molecule has 1 unspecified atom stereocenters. The lowest BCUT2D eigenvalue weighted by atomic mass is 10.0. The first-order valence-corrected chi connectivity index (χ1v) is 8.78. The molecular formula is C19H21F2N3O3. The first-order valence-electron chi connectivity index (χ1n) is 8.78. The van der Waals surface area contributed by atoms with Crippen molar-refractivity contribution in [3.05, 3.63) is 63.7 Å². The van der Waals surface area contributed by atoms with Crippen molar-refractivity contribution in [3.8, 4) is 0 Å². The Morgan fingerprint density at radius 2 is 1.93 bits per heavy atom. The second-order valence-electron chi connectivity index (χ2n) is 6.71. The highest BCUT2D eigenvalue weighted by Crippen LogP contribution is 2.32. The van der Waals surface area contributed by atoms with Crippen molar-refractivity contribution < 1.29 is 18.8 Å². The topological polar surface area (TPSA) is 78.6 Å². The summed E-state index contributed by atoms with van der Waals surface area (Å²) in [6.07, 6.45) is 0.945. The number of aliphatic hydroxyl groups is 1. The molecule has 1 heterocycles. The van der Waals surface area contributed by atoms with E-state index in [0.717, 1.165) is 11.8 Å². The number of nitro groups is 1. The van der Waals surface area contributed by atoms with Gasteiger partial charge in [-0.05, 0) is 44.0 Å². The van der Waals surface area contributed by atoms with Gasteiger partial charge >= 0.3 is 0 Å². The van der Waals surface area contributed by atoms with Crippen LogP contribution in [0.3, 0.4) is 0 Å². The van der Waals surface area contributed by atoms with Crippen LogP contribution in [0.5, 0.6) is 0 Å². The lowest BCUT2D eigenvalue weighted by Crippen LogP contribution is -2.36. The molecule has 27 heavy (non-hydrogen) atoms. The van der Waals surface area contributed by atoms with Crippen LogP contribution in [0.4, 0.5) is 25.8 Å². The largest absolute Gasteiger partial charge is 0.393 e. The molecule has 0 spiro atoms. The molecule has 1 aliphatic heterocycles. The zero-order valence-corrected chi connectivity index (χ0v) is 14.9. The van der Waals surface area contributed by atoms with E-state index in [1.165, 1.54) is 24.3 Å². The normalized spacial score (nSPS) is 16.2. The highest BCUT2D eigenvalue weighted by Gasteiger charge is 2.22. The van der Waals surface area contributed by atoms with Crippen LogP contribution in [0, 0.1) is 21.7 Å². The number of aliphatic hydroxyl groups excluding tert-OH is 1. The number of anilines is 2. The lowest BCUT2D eigenvalue weighted by molar-refractivity contribution is -0.385. The van der Waals surface area contributed by atoms with Crippen LogP contribution in [0.15, 0.2) is 36.4 Å². The maximum atomic E-state index is 14.2. The van der Waals surface area contributed by atoms with Gasteiger partial charge < -0.3 is 15.3 Å². The van der Waals surface area contributed by atoms with Gasteiger partial charge in [0.05, 0.1) is 28.8 Å². The van der Waals surface area contributed by atoms with Gasteiger partial charge in [-0.1, -0.05) is 0 Å². The highest BCUT2D eigenvalue weighted by molar-refractivity contribution is 5.59. The highest BCUT2D eigenvalue weighted by atomic mass is 19.1. The zero-order valence-electron chi connectivity index (χ0n) is 14.9. The van der Waals surface area contributed by atoms with Gasteiger partial charge in [-0.3, -0.25) is 10.1 Å². The molecule has 6 nitrogen and oxygen atoms in total. The molecule has 0 saturated carbocycles. The summed E-state index contributed by atoms with van der Waals surface area (Å²) in [5.74, 6) is -1.14. The molecule has 2 aromatic carbocycles. The van der Waals surface area contributed by atoms with Crippen molar-refractivity contribution >= 4 is 17.1 Å². The maximum absolute atomic E-state index is 14.2. The summed E-state index contributed by atoms with van der Waals surface area (Å²) in [6, 6.07) is 7.42. The number of nitrogens with zero attached hydrogens (tertiary/aromatic N) is 2. The standard InChI is InChI=1S/C19H21F2N3O3/c1-12(22-18-4-3-14(24(26)27)11-17(18)21)16-10-13(20)2-5-19(16)23-8-6-15(25)7-9-23/h2-5,10-12,15,22,25H,6-9H2,1H3. The zero-order chi connectivity index (χ0) is 19.6. The predicted octanol–water partition coefficient (Wildman–Crippen LogP) is 4.01. The summed E-state index contributed by atoms with van der Waals surface area (Å²) < 4.78 is 28.0. The van der Waals surface area contributed by atoms with Crippen LogP contribution in [0.25, 0.3) is 0 Å². The Morgan fingerprint density at radius 3 is 2.56 bits per heavy atom. The maximum Gasteiger partial charge on any atom is 0.272 e. The Kier molecular flexibility index (Phi) is 5.55. The van der Waals surface area contributed by atoms with Crippen LogP contribution in [0.1, 0.15) is 31.4 Å². The summed E-state index contributed by atoms with van der Waals surface area (Å²) >= 11 is 0. The number of benzene rings is 2. The van der Waals surface area contributed by atoms with E-state index in [2.05, 4.69) is 10.2 Å². The van der Waals surface area contributed by atoms with Crippen LogP contribution in [-0.2, 0) is 0 Å². The molecular weight excluding hydrogens is 356 g/mol. The van der Waals surface area contributed by atoms with Crippen molar-refractivity contribution in [2.45, 2.75) is 31.9 Å². The molecule has 0 aliphatic carbocycles. The van der Waals surface area contributed by atoms with E-state index in [1.807, 2.05) is 0 Å². The SMILES string of the molecule is CC(Nc1ccc([N+](=O)[O-])cc1F)c1cc(F)ccc1N1CCC(O)CC1. The Bertz CT molecular complexity index is 839. The fourth-order valence-electron chi connectivity index (χ4n) is 3.31. The lowest BCUT2D eigenvalue weighted by Gasteiger charge is -2.34. The van der Waals surface area contributed by atoms with E-state index in [4.69, 9.17) is 0 Å². The van der Waals surface area contributed by atoms with Crippen molar-refractivity contribution in [1.82, 2.24) is 0 Å². The van der Waals surface area contributed by atoms with Crippen LogP contribution < -0.4 is 10.2 Å². The predicted molar refractivity (Wildman–Crippen MR) is 98.9 cm³/mol. The van der Waals surface area contributed by atoms with E-state index in [0.29, 0.717) is 31.5 Å². The molecule has 0 aromatic heterocycles. The van der Waals surface area contributed by atoms with Crippen LogP contribution >= 0.6 is 0 Å². The van der Waals surface area contributed by atoms with Crippen molar-refractivity contribution in [1.29, 1.82) is 0 Å². The number of rotatable bonds is 5. The molecule has 0 amide bonds. The van der Waals surface area contributed by atoms with Gasteiger partial charge in [0, 0.05) is 30.4 Å². The van der Waals surface area contributed by atoms with Crippen molar-refractivity contribution in [2.75, 3.05) is 23.3 Å². The van der Waals surface area contributed by atoms with E-state index in [9.17, 15) is 24.0 Å². The fraction of sp³-hybridized carbons (Fsp3) is 0.368. The number of piperidine rings is 1. The van der Waals surface area contributed by atoms with E-state index >= 15 is 0 Å². The van der Waals surface area contributed by atoms with Crippen molar-refractivity contribution in [3.63, 3.8) is 0 Å².